The molecule has 392 valence electrons. The van der Waals surface area contributed by atoms with Crippen molar-refractivity contribution in [1.82, 2.24) is 25.3 Å². The van der Waals surface area contributed by atoms with Crippen molar-refractivity contribution < 1.29 is 107 Å². The summed E-state index contributed by atoms with van der Waals surface area (Å²) in [6.07, 6.45) is -19.5. The van der Waals surface area contributed by atoms with Gasteiger partial charge in [0.25, 0.3) is 5.91 Å². The predicted molar refractivity (Wildman–Crippen MR) is 220 cm³/mol. The molecule has 0 unspecified atom stereocenters. The molecule has 2 aliphatic rings. The van der Waals surface area contributed by atoms with Gasteiger partial charge in [-0.15, -0.1) is 0 Å². The van der Waals surface area contributed by atoms with Crippen molar-refractivity contribution in [2.24, 2.45) is 0 Å². The van der Waals surface area contributed by atoms with E-state index in [2.05, 4.69) is 50.5 Å². The summed E-state index contributed by atoms with van der Waals surface area (Å²) in [7, 11) is 0. The fraction of sp³-hybridized carbons (Fsp3) is 0.452. The van der Waals surface area contributed by atoms with Crippen LogP contribution in [0.3, 0.4) is 0 Å². The number of benzene rings is 3. The molecule has 3 aromatic rings. The molecule has 7 N–H and O–H groups in total. The maximum atomic E-state index is 15.0. The topological polar surface area (TPSA) is 220 Å². The maximum absolute atomic E-state index is 15.0. The number of amides is 1. The molecule has 0 spiro atoms. The number of aliphatic hydroxyl groups excluding tert-OH is 1. The maximum Gasteiger partial charge on any atom is 0.490 e. The van der Waals surface area contributed by atoms with Crippen LogP contribution in [0.15, 0.2) is 66.7 Å². The van der Waals surface area contributed by atoms with Gasteiger partial charge in [-0.3, -0.25) is 14.6 Å². The number of carboxylic acids is 4. The number of aliphatic carboxylic acids is 4. The molecule has 28 heteroatoms. The SMILES string of the molecule is C[C@H]1CN(Cc2cccc(-c3cc(CNC(=O)c4cccc(CN5CCN(CCCO)CC5)c4)ccc3F)c2)CCN1.O=C(O)C(F)(F)F.O=C(O)C(F)(F)F.O=C(O)C(F)(F)F.O=C(O)C(F)(F)F. The summed E-state index contributed by atoms with van der Waals surface area (Å²) in [4.78, 5) is 55.9. The average Bonchev–Trinajstić information content (AvgIpc) is 3.25. The van der Waals surface area contributed by atoms with Crippen molar-refractivity contribution in [1.29, 1.82) is 0 Å². The number of hydrogen-bond donors (Lipinski definition) is 7. The van der Waals surface area contributed by atoms with Crippen LogP contribution in [0, 0.1) is 5.82 Å². The third-order valence-corrected chi connectivity index (χ3v) is 9.24. The molecule has 1 atom stereocenters. The minimum absolute atomic E-state index is 0.135. The Balaban J connectivity index is 0.000000708. The molecule has 1 amide bonds. The van der Waals surface area contributed by atoms with E-state index in [-0.39, 0.29) is 18.3 Å². The van der Waals surface area contributed by atoms with Gasteiger partial charge in [-0.25, -0.2) is 23.6 Å². The molecular weight excluding hydrogens is 981 g/mol. The Kier molecular flexibility index (Phi) is 25.2. The normalized spacial score (nSPS) is 15.7. The fourth-order valence-electron chi connectivity index (χ4n) is 5.97. The summed E-state index contributed by atoms with van der Waals surface area (Å²) >= 11 is 0. The summed E-state index contributed by atoms with van der Waals surface area (Å²) in [6.45, 7) is 12.3. The first kappa shape index (κ1) is 61.9. The quantitative estimate of drug-likeness (QED) is 0.106. The number of halogens is 13. The summed E-state index contributed by atoms with van der Waals surface area (Å²) in [6, 6.07) is 21.5. The van der Waals surface area contributed by atoms with E-state index in [1.165, 1.54) is 11.6 Å². The fourth-order valence-corrected chi connectivity index (χ4v) is 5.97. The van der Waals surface area contributed by atoms with Crippen molar-refractivity contribution in [2.75, 3.05) is 59.0 Å². The van der Waals surface area contributed by atoms with Crippen LogP contribution in [0.25, 0.3) is 11.1 Å². The van der Waals surface area contributed by atoms with Crippen LogP contribution in [0.1, 0.15) is 40.4 Å². The molecule has 0 aliphatic carbocycles. The highest BCUT2D eigenvalue weighted by Crippen LogP contribution is 2.26. The number of nitrogens with one attached hydrogen (secondary N) is 2. The Morgan fingerprint density at radius 2 is 1.07 bits per heavy atom. The number of carbonyl (C=O) groups excluding carboxylic acids is 1. The lowest BCUT2D eigenvalue weighted by Crippen LogP contribution is -2.48. The van der Waals surface area contributed by atoms with Crippen LogP contribution in [-0.2, 0) is 38.8 Å². The largest absolute Gasteiger partial charge is 0.490 e. The average molecular weight is 1030 g/mol. The van der Waals surface area contributed by atoms with E-state index >= 15 is 0 Å². The molecule has 2 saturated heterocycles. The van der Waals surface area contributed by atoms with Crippen LogP contribution in [0.2, 0.25) is 0 Å². The lowest BCUT2D eigenvalue weighted by atomic mass is 10.00. The summed E-state index contributed by atoms with van der Waals surface area (Å²) in [5, 5.41) is 44.1. The monoisotopic (exact) mass is 1030 g/mol. The van der Waals surface area contributed by atoms with Gasteiger partial charge < -0.3 is 41.1 Å². The van der Waals surface area contributed by atoms with E-state index in [4.69, 9.17) is 44.7 Å². The molecule has 3 aromatic carbocycles. The summed E-state index contributed by atoms with van der Waals surface area (Å²) < 4.78 is 142. The van der Waals surface area contributed by atoms with Gasteiger partial charge in [-0.05, 0) is 65.9 Å². The zero-order chi connectivity index (χ0) is 53.6. The Morgan fingerprint density at radius 1 is 0.614 bits per heavy atom. The molecule has 0 aromatic heterocycles. The Labute approximate surface area is 390 Å². The number of hydrogen-bond acceptors (Lipinski definition) is 10. The highest BCUT2D eigenvalue weighted by molar-refractivity contribution is 5.94. The van der Waals surface area contributed by atoms with Gasteiger partial charge in [0.2, 0.25) is 0 Å². The van der Waals surface area contributed by atoms with E-state index in [9.17, 15) is 61.9 Å². The van der Waals surface area contributed by atoms with Gasteiger partial charge >= 0.3 is 48.6 Å². The second kappa shape index (κ2) is 28.5. The van der Waals surface area contributed by atoms with Gasteiger partial charge in [0.1, 0.15) is 5.82 Å². The zero-order valence-electron chi connectivity index (χ0n) is 36.7. The van der Waals surface area contributed by atoms with E-state index in [0.29, 0.717) is 23.7 Å². The number of aliphatic hydroxyl groups is 1. The minimum Gasteiger partial charge on any atom is -0.475 e. The lowest BCUT2D eigenvalue weighted by Gasteiger charge is -2.34. The van der Waals surface area contributed by atoms with Crippen molar-refractivity contribution in [3.8, 4) is 11.1 Å². The molecule has 70 heavy (non-hydrogen) atoms. The van der Waals surface area contributed by atoms with Crippen LogP contribution in [-0.4, -0.2) is 160 Å². The predicted octanol–water partition coefficient (Wildman–Crippen LogP) is 6.25. The second-order valence-electron chi connectivity index (χ2n) is 14.9. The van der Waals surface area contributed by atoms with Crippen LogP contribution >= 0.6 is 0 Å². The Hall–Kier alpha value is -6.10. The zero-order valence-corrected chi connectivity index (χ0v) is 36.7. The number of nitrogens with zero attached hydrogens (tertiary/aromatic N) is 3. The highest BCUT2D eigenvalue weighted by atomic mass is 19.4. The molecule has 2 heterocycles. The number of rotatable bonds is 11. The van der Waals surface area contributed by atoms with E-state index in [0.717, 1.165) is 88.6 Å². The van der Waals surface area contributed by atoms with Crippen LogP contribution in [0.4, 0.5) is 57.1 Å². The molecule has 2 fully saturated rings. The molecule has 2 aliphatic heterocycles. The summed E-state index contributed by atoms with van der Waals surface area (Å²) in [5.74, 6) is -11.4. The molecule has 0 radical (unpaired) electrons. The number of alkyl halides is 12. The van der Waals surface area contributed by atoms with Gasteiger partial charge in [-0.2, -0.15) is 52.7 Å². The molecule has 5 rings (SSSR count). The summed E-state index contributed by atoms with van der Waals surface area (Å²) in [5.41, 5.74) is 5.18. The second-order valence-corrected chi connectivity index (χ2v) is 14.9. The van der Waals surface area contributed by atoms with E-state index in [1.54, 1.807) is 6.07 Å². The van der Waals surface area contributed by atoms with Crippen molar-refractivity contribution in [3.05, 3.63) is 94.8 Å². The van der Waals surface area contributed by atoms with E-state index < -0.39 is 48.6 Å². The lowest BCUT2D eigenvalue weighted by molar-refractivity contribution is -0.193. The third kappa shape index (κ3) is 25.0. The Bertz CT molecular complexity index is 2050. The van der Waals surface area contributed by atoms with Crippen LogP contribution in [0.5, 0.6) is 0 Å². The number of carbonyl (C=O) groups is 5. The van der Waals surface area contributed by atoms with Gasteiger partial charge in [0.05, 0.1) is 0 Å². The highest BCUT2D eigenvalue weighted by Gasteiger charge is 2.40. The van der Waals surface area contributed by atoms with Crippen molar-refractivity contribution in [3.63, 3.8) is 0 Å². The third-order valence-electron chi connectivity index (χ3n) is 9.24. The molecule has 15 nitrogen and oxygen atoms in total. The molecule has 0 saturated carbocycles. The van der Waals surface area contributed by atoms with Crippen LogP contribution < -0.4 is 10.6 Å². The molecular formula is C42H48F13N5O10. The smallest absolute Gasteiger partial charge is 0.475 e. The van der Waals surface area contributed by atoms with Gasteiger partial charge in [-0.1, -0.05) is 36.4 Å². The number of piperazine rings is 2. The van der Waals surface area contributed by atoms with Crippen molar-refractivity contribution in [2.45, 2.75) is 63.7 Å². The first-order chi connectivity index (χ1) is 32.2. The van der Waals surface area contributed by atoms with E-state index in [1.807, 2.05) is 36.4 Å². The molecule has 0 bridgehead atoms. The van der Waals surface area contributed by atoms with Crippen molar-refractivity contribution >= 4 is 29.8 Å². The van der Waals surface area contributed by atoms with Gasteiger partial charge in [0.15, 0.2) is 0 Å². The first-order valence-corrected chi connectivity index (χ1v) is 20.2. The Morgan fingerprint density at radius 3 is 1.54 bits per heavy atom. The standard InChI is InChI=1S/C34H44FN5O2.4C2HF3O2/c1-26-23-40(13-11-36-26)25-28-5-2-7-30(19-28)32-21-27(9-10-33(32)35)22-37-34(42)31-8-3-6-29(20-31)24-39-16-14-38(15-17-39)12-4-18-41;4*3-2(4,5)1(6)7/h2-3,5-10,19-21,26,36,41H,4,11-18,22-25H2,1H3,(H,37,42);4*(H,6,7)/t26-;;;;/m0..../s1. The minimum atomic E-state index is -5.08. The number of carboxylic acid groups (broad SMARTS) is 4. The van der Waals surface area contributed by atoms with Gasteiger partial charge in [0, 0.05) is 95.8 Å². The first-order valence-electron chi connectivity index (χ1n) is 20.2.